The van der Waals surface area contributed by atoms with E-state index in [2.05, 4.69) is 28.7 Å². The summed E-state index contributed by atoms with van der Waals surface area (Å²) in [6, 6.07) is 15.6. The van der Waals surface area contributed by atoms with Crippen molar-refractivity contribution < 1.29 is 9.53 Å². The number of nitrogens with one attached hydrogen (secondary N) is 2. The van der Waals surface area contributed by atoms with Crippen molar-refractivity contribution >= 4 is 22.8 Å². The zero-order valence-corrected chi connectivity index (χ0v) is 18.7. The third-order valence-corrected chi connectivity index (χ3v) is 6.49. The number of H-pyrrole nitrogens is 1. The van der Waals surface area contributed by atoms with Crippen LogP contribution in [-0.4, -0.2) is 33.2 Å². The number of nitrogens with zero attached hydrogens (tertiary/aromatic N) is 2. The molecule has 164 valence electrons. The van der Waals surface area contributed by atoms with E-state index in [1.165, 1.54) is 0 Å². The molecule has 5 rings (SSSR count). The van der Waals surface area contributed by atoms with Gasteiger partial charge in [0, 0.05) is 17.9 Å². The largest absolute Gasteiger partial charge is 0.376 e. The van der Waals surface area contributed by atoms with Crippen molar-refractivity contribution in [1.82, 2.24) is 14.5 Å². The maximum absolute atomic E-state index is 13.3. The number of ether oxygens (including phenoxy) is 1. The Balaban J connectivity index is 1.63. The molecule has 0 unspecified atom stereocenters. The molecular formula is C26H28N4O2. The van der Waals surface area contributed by atoms with Crippen molar-refractivity contribution in [2.75, 3.05) is 11.9 Å². The van der Waals surface area contributed by atoms with E-state index >= 15 is 0 Å². The minimum absolute atomic E-state index is 0.119. The quantitative estimate of drug-likeness (QED) is 0.448. The number of imidazole rings is 1. The number of amides is 1. The van der Waals surface area contributed by atoms with Gasteiger partial charge in [-0.25, -0.2) is 4.98 Å². The van der Waals surface area contributed by atoms with Crippen molar-refractivity contribution in [2.45, 2.75) is 46.3 Å². The Morgan fingerprint density at radius 3 is 2.69 bits per heavy atom. The van der Waals surface area contributed by atoms with Crippen molar-refractivity contribution in [1.29, 1.82) is 0 Å². The highest BCUT2D eigenvalue weighted by Gasteiger charge is 2.26. The molecule has 1 saturated heterocycles. The molecule has 32 heavy (non-hydrogen) atoms. The fourth-order valence-corrected chi connectivity index (χ4v) is 4.58. The van der Waals surface area contributed by atoms with Crippen LogP contribution in [0.3, 0.4) is 0 Å². The van der Waals surface area contributed by atoms with Gasteiger partial charge in [-0.2, -0.15) is 0 Å². The van der Waals surface area contributed by atoms with Gasteiger partial charge in [-0.15, -0.1) is 0 Å². The van der Waals surface area contributed by atoms with Gasteiger partial charge in [0.25, 0.3) is 5.91 Å². The van der Waals surface area contributed by atoms with E-state index in [4.69, 9.17) is 9.72 Å². The summed E-state index contributed by atoms with van der Waals surface area (Å²) in [6.45, 7) is 7.64. The van der Waals surface area contributed by atoms with Crippen LogP contribution < -0.4 is 5.32 Å². The molecule has 0 bridgehead atoms. The van der Waals surface area contributed by atoms with Crippen LogP contribution in [0.1, 0.15) is 40.0 Å². The first-order valence-electron chi connectivity index (χ1n) is 11.2. The summed E-state index contributed by atoms with van der Waals surface area (Å²) in [5, 5.41) is 3.22. The molecule has 0 radical (unpaired) electrons. The molecule has 1 atom stereocenters. The van der Waals surface area contributed by atoms with E-state index in [-0.39, 0.29) is 12.0 Å². The molecule has 2 aromatic carbocycles. The van der Waals surface area contributed by atoms with Gasteiger partial charge in [-0.3, -0.25) is 4.79 Å². The highest BCUT2D eigenvalue weighted by atomic mass is 16.5. The third-order valence-electron chi connectivity index (χ3n) is 6.49. The number of benzene rings is 2. The second kappa shape index (κ2) is 8.28. The highest BCUT2D eigenvalue weighted by Crippen LogP contribution is 2.37. The first-order chi connectivity index (χ1) is 15.5. The minimum atomic E-state index is -0.119. The number of hydrogen-bond acceptors (Lipinski definition) is 3. The molecule has 1 amide bonds. The predicted octanol–water partition coefficient (Wildman–Crippen LogP) is 5.39. The van der Waals surface area contributed by atoms with Crippen molar-refractivity contribution in [3.8, 4) is 11.4 Å². The molecule has 3 heterocycles. The Labute approximate surface area is 187 Å². The Kier molecular flexibility index (Phi) is 5.31. The van der Waals surface area contributed by atoms with Crippen LogP contribution in [0.2, 0.25) is 0 Å². The lowest BCUT2D eigenvalue weighted by molar-refractivity contribution is 0.0962. The van der Waals surface area contributed by atoms with E-state index in [9.17, 15) is 4.79 Å². The number of carbonyl (C=O) groups excluding carboxylic acids is 1. The van der Waals surface area contributed by atoms with Crippen LogP contribution in [0.4, 0.5) is 5.82 Å². The molecule has 6 heteroatoms. The number of anilines is 1. The molecule has 1 aliphatic heterocycles. The standard InChI is InChI=1S/C26H28N4O2/c1-16-9-4-5-11-20(16)26(31)29-25-23(24-27-21-12-6-7-13-22(21)28-24)17(2)18(3)30(25)15-19-10-8-14-32-19/h4-7,9,11-13,19H,8,10,14-15H2,1-3H3,(H,27,28)(H,29,31)/t19-/m1/s1. The Hall–Kier alpha value is -3.38. The smallest absolute Gasteiger partial charge is 0.257 e. The van der Waals surface area contributed by atoms with Crippen LogP contribution >= 0.6 is 0 Å². The number of hydrogen-bond donors (Lipinski definition) is 2. The summed E-state index contributed by atoms with van der Waals surface area (Å²) in [5.74, 6) is 1.41. The SMILES string of the molecule is Cc1ccccc1C(=O)Nc1c(-c2nc3ccccc3[nH]2)c(C)c(C)n1C[C@H]1CCCO1. The highest BCUT2D eigenvalue weighted by molar-refractivity contribution is 6.07. The monoisotopic (exact) mass is 428 g/mol. The lowest BCUT2D eigenvalue weighted by Gasteiger charge is -2.17. The molecule has 1 aliphatic rings. The van der Waals surface area contributed by atoms with Crippen LogP contribution in [0.5, 0.6) is 0 Å². The molecule has 2 aromatic heterocycles. The average Bonchev–Trinajstić information content (AvgIpc) is 3.50. The summed E-state index contributed by atoms with van der Waals surface area (Å²) in [6.07, 6.45) is 2.26. The number of rotatable bonds is 5. The normalized spacial score (nSPS) is 16.0. The summed E-state index contributed by atoms with van der Waals surface area (Å²) in [4.78, 5) is 21.6. The molecule has 1 fully saturated rings. The molecule has 2 N–H and O–H groups in total. The topological polar surface area (TPSA) is 71.9 Å². The van der Waals surface area contributed by atoms with Gasteiger partial charge in [-0.1, -0.05) is 30.3 Å². The number of para-hydroxylation sites is 2. The molecule has 0 saturated carbocycles. The van der Waals surface area contributed by atoms with E-state index in [0.717, 1.165) is 64.5 Å². The molecule has 0 aliphatic carbocycles. The van der Waals surface area contributed by atoms with E-state index in [1.54, 1.807) is 0 Å². The number of aromatic amines is 1. The van der Waals surface area contributed by atoms with Gasteiger partial charge < -0.3 is 19.6 Å². The average molecular weight is 429 g/mol. The summed E-state index contributed by atoms with van der Waals surface area (Å²) in [7, 11) is 0. The van der Waals surface area contributed by atoms with Gasteiger partial charge in [0.2, 0.25) is 0 Å². The van der Waals surface area contributed by atoms with Crippen molar-refractivity contribution in [3.05, 3.63) is 70.9 Å². The van der Waals surface area contributed by atoms with Gasteiger partial charge in [-0.05, 0) is 62.9 Å². The van der Waals surface area contributed by atoms with Crippen molar-refractivity contribution in [2.24, 2.45) is 0 Å². The number of fused-ring (bicyclic) bond motifs is 1. The summed E-state index contributed by atoms with van der Waals surface area (Å²) >= 11 is 0. The Bertz CT molecular complexity index is 1260. The fraction of sp³-hybridized carbons (Fsp3) is 0.308. The molecule has 4 aromatic rings. The summed E-state index contributed by atoms with van der Waals surface area (Å²) in [5.41, 5.74) is 6.63. The molecule has 6 nitrogen and oxygen atoms in total. The second-order valence-corrected chi connectivity index (χ2v) is 8.55. The first kappa shape index (κ1) is 20.5. The van der Waals surface area contributed by atoms with E-state index < -0.39 is 0 Å². The lowest BCUT2D eigenvalue weighted by Crippen LogP contribution is -2.21. The Morgan fingerprint density at radius 2 is 1.94 bits per heavy atom. The van der Waals surface area contributed by atoms with Crippen LogP contribution in [-0.2, 0) is 11.3 Å². The van der Waals surface area contributed by atoms with Crippen LogP contribution in [0.25, 0.3) is 22.4 Å². The molecule has 0 spiro atoms. The maximum atomic E-state index is 13.3. The van der Waals surface area contributed by atoms with E-state index in [0.29, 0.717) is 12.1 Å². The Morgan fingerprint density at radius 1 is 1.16 bits per heavy atom. The lowest BCUT2D eigenvalue weighted by atomic mass is 10.1. The van der Waals surface area contributed by atoms with Gasteiger partial charge in [0.05, 0.1) is 29.2 Å². The van der Waals surface area contributed by atoms with Crippen molar-refractivity contribution in [3.63, 3.8) is 0 Å². The summed E-state index contributed by atoms with van der Waals surface area (Å²) < 4.78 is 8.11. The maximum Gasteiger partial charge on any atom is 0.257 e. The van der Waals surface area contributed by atoms with Crippen LogP contribution in [0, 0.1) is 20.8 Å². The second-order valence-electron chi connectivity index (χ2n) is 8.55. The van der Waals surface area contributed by atoms with Crippen LogP contribution in [0.15, 0.2) is 48.5 Å². The van der Waals surface area contributed by atoms with Gasteiger partial charge in [0.1, 0.15) is 11.6 Å². The van der Waals surface area contributed by atoms with Gasteiger partial charge in [0.15, 0.2) is 0 Å². The zero-order chi connectivity index (χ0) is 22.2. The third kappa shape index (κ3) is 3.60. The van der Waals surface area contributed by atoms with Gasteiger partial charge >= 0.3 is 0 Å². The first-order valence-corrected chi connectivity index (χ1v) is 11.2. The minimum Gasteiger partial charge on any atom is -0.376 e. The predicted molar refractivity (Wildman–Crippen MR) is 127 cm³/mol. The fourth-order valence-electron chi connectivity index (χ4n) is 4.58. The zero-order valence-electron chi connectivity index (χ0n) is 18.7. The number of carbonyl (C=O) groups is 1. The van der Waals surface area contributed by atoms with E-state index in [1.807, 2.05) is 55.5 Å². The number of aryl methyl sites for hydroxylation is 1. The molecular weight excluding hydrogens is 400 g/mol. The number of aromatic nitrogens is 3.